The van der Waals surface area contributed by atoms with Gasteiger partial charge in [-0.25, -0.2) is 0 Å². The van der Waals surface area contributed by atoms with Crippen molar-refractivity contribution in [2.75, 3.05) is 0 Å². The summed E-state index contributed by atoms with van der Waals surface area (Å²) in [7, 11) is 0. The predicted molar refractivity (Wildman–Crippen MR) is 70.4 cm³/mol. The Morgan fingerprint density at radius 2 is 1.18 bits per heavy atom. The lowest BCUT2D eigenvalue weighted by Crippen LogP contribution is -1.78. The molecule has 0 amide bonds. The summed E-state index contributed by atoms with van der Waals surface area (Å²) in [6, 6.07) is 9.48. The Morgan fingerprint density at radius 1 is 0.765 bits per heavy atom. The van der Waals surface area contributed by atoms with E-state index < -0.39 is 0 Å². The van der Waals surface area contributed by atoms with Crippen molar-refractivity contribution in [2.45, 2.75) is 9.79 Å². The van der Waals surface area contributed by atoms with Crippen LogP contribution in [-0.2, 0) is 0 Å². The Bertz CT molecular complexity index is 509. The number of phenolic OH excluding ortho intramolecular Hbond substituents is 2. The molecule has 88 valence electrons. The molecule has 0 aliphatic rings. The molecule has 0 saturated carbocycles. The van der Waals surface area contributed by atoms with Crippen molar-refractivity contribution >= 4 is 35.0 Å². The van der Waals surface area contributed by atoms with Crippen LogP contribution in [-0.4, -0.2) is 10.2 Å². The third kappa shape index (κ3) is 3.00. The third-order valence-corrected chi connectivity index (χ3v) is 4.05. The van der Waals surface area contributed by atoms with Gasteiger partial charge in [0.15, 0.2) is 0 Å². The lowest BCUT2D eigenvalue weighted by molar-refractivity contribution is 0.474. The number of hydrogen-bond donors (Lipinski definition) is 2. The number of hydrogen-bond acceptors (Lipinski definition) is 3. The number of halogens is 2. The molecule has 0 aliphatic carbocycles. The maximum atomic E-state index is 9.24. The Morgan fingerprint density at radius 3 is 1.53 bits per heavy atom. The standard InChI is InChI=1S/C12H8Cl2O2S/c13-9-5-7(15)1-3-11(9)17-12-4-2-8(16)6-10(12)14/h1-6,15-16H. The molecule has 2 nitrogen and oxygen atoms in total. The van der Waals surface area contributed by atoms with Crippen LogP contribution in [0.25, 0.3) is 0 Å². The van der Waals surface area contributed by atoms with E-state index in [-0.39, 0.29) is 11.5 Å². The molecule has 0 bridgehead atoms. The minimum Gasteiger partial charge on any atom is -0.508 e. The first-order chi connectivity index (χ1) is 8.06. The summed E-state index contributed by atoms with van der Waals surface area (Å²) in [6.07, 6.45) is 0. The van der Waals surface area contributed by atoms with Gasteiger partial charge in [-0.1, -0.05) is 35.0 Å². The molecular formula is C12H8Cl2O2S. The Labute approximate surface area is 113 Å². The molecule has 0 aromatic heterocycles. The van der Waals surface area contributed by atoms with E-state index in [0.717, 1.165) is 9.79 Å². The van der Waals surface area contributed by atoms with Gasteiger partial charge < -0.3 is 10.2 Å². The molecule has 0 heterocycles. The molecule has 0 aliphatic heterocycles. The van der Waals surface area contributed by atoms with Crippen molar-refractivity contribution in [3.8, 4) is 11.5 Å². The highest BCUT2D eigenvalue weighted by atomic mass is 35.5. The highest BCUT2D eigenvalue weighted by Gasteiger charge is 2.07. The SMILES string of the molecule is Oc1ccc(Sc2ccc(O)cc2Cl)c(Cl)c1. The second kappa shape index (κ2) is 5.08. The number of rotatable bonds is 2. The minimum absolute atomic E-state index is 0.121. The summed E-state index contributed by atoms with van der Waals surface area (Å²) in [5.74, 6) is 0.243. The van der Waals surface area contributed by atoms with Gasteiger partial charge in [-0.3, -0.25) is 0 Å². The van der Waals surface area contributed by atoms with Crippen LogP contribution in [0.3, 0.4) is 0 Å². The van der Waals surface area contributed by atoms with Crippen LogP contribution in [0.1, 0.15) is 0 Å². The maximum Gasteiger partial charge on any atom is 0.117 e. The van der Waals surface area contributed by atoms with E-state index in [2.05, 4.69) is 0 Å². The Kier molecular flexibility index (Phi) is 3.72. The van der Waals surface area contributed by atoms with Gasteiger partial charge in [-0.05, 0) is 36.4 Å². The number of phenols is 2. The lowest BCUT2D eigenvalue weighted by Gasteiger charge is -2.06. The quantitative estimate of drug-likeness (QED) is 0.851. The highest BCUT2D eigenvalue weighted by Crippen LogP contribution is 2.39. The summed E-state index contributed by atoms with van der Waals surface area (Å²) in [6.45, 7) is 0. The van der Waals surface area contributed by atoms with E-state index in [9.17, 15) is 10.2 Å². The fourth-order valence-electron chi connectivity index (χ4n) is 1.26. The van der Waals surface area contributed by atoms with Crippen molar-refractivity contribution in [3.05, 3.63) is 46.4 Å². The lowest BCUT2D eigenvalue weighted by atomic mass is 10.3. The summed E-state index contributed by atoms with van der Waals surface area (Å²) in [5.41, 5.74) is 0. The largest absolute Gasteiger partial charge is 0.508 e. The molecule has 0 radical (unpaired) electrons. The molecule has 0 spiro atoms. The Balaban J connectivity index is 2.31. The number of aromatic hydroxyl groups is 2. The van der Waals surface area contributed by atoms with Gasteiger partial charge in [0.2, 0.25) is 0 Å². The van der Waals surface area contributed by atoms with E-state index in [1.807, 2.05) is 0 Å². The van der Waals surface area contributed by atoms with E-state index in [4.69, 9.17) is 23.2 Å². The monoisotopic (exact) mass is 286 g/mol. The average Bonchev–Trinajstić information content (AvgIpc) is 2.25. The van der Waals surface area contributed by atoms with Gasteiger partial charge in [-0.2, -0.15) is 0 Å². The van der Waals surface area contributed by atoms with Crippen molar-refractivity contribution in [1.29, 1.82) is 0 Å². The molecule has 2 aromatic carbocycles. The summed E-state index contributed by atoms with van der Waals surface area (Å²) >= 11 is 13.4. The van der Waals surface area contributed by atoms with Crippen molar-refractivity contribution < 1.29 is 10.2 Å². The van der Waals surface area contributed by atoms with Crippen molar-refractivity contribution in [2.24, 2.45) is 0 Å². The minimum atomic E-state index is 0.121. The van der Waals surface area contributed by atoms with Gasteiger partial charge in [0.05, 0.1) is 10.0 Å². The molecule has 0 unspecified atom stereocenters. The molecule has 2 rings (SSSR count). The fraction of sp³-hybridized carbons (Fsp3) is 0. The van der Waals surface area contributed by atoms with Gasteiger partial charge in [0.1, 0.15) is 11.5 Å². The van der Waals surface area contributed by atoms with Crippen LogP contribution in [0.4, 0.5) is 0 Å². The second-order valence-corrected chi connectivity index (χ2v) is 5.23. The molecule has 5 heteroatoms. The zero-order chi connectivity index (χ0) is 12.4. The van der Waals surface area contributed by atoms with Gasteiger partial charge in [0.25, 0.3) is 0 Å². The molecular weight excluding hydrogens is 279 g/mol. The van der Waals surface area contributed by atoms with E-state index in [0.29, 0.717) is 10.0 Å². The van der Waals surface area contributed by atoms with Gasteiger partial charge in [0, 0.05) is 9.79 Å². The number of benzene rings is 2. The topological polar surface area (TPSA) is 40.5 Å². The van der Waals surface area contributed by atoms with Gasteiger partial charge in [-0.15, -0.1) is 0 Å². The summed E-state index contributed by atoms with van der Waals surface area (Å²) in [4.78, 5) is 1.58. The van der Waals surface area contributed by atoms with Crippen LogP contribution < -0.4 is 0 Å². The average molecular weight is 287 g/mol. The third-order valence-electron chi connectivity index (χ3n) is 2.05. The van der Waals surface area contributed by atoms with E-state index in [1.165, 1.54) is 23.9 Å². The van der Waals surface area contributed by atoms with Crippen molar-refractivity contribution in [3.63, 3.8) is 0 Å². The van der Waals surface area contributed by atoms with Crippen LogP contribution in [0, 0.1) is 0 Å². The van der Waals surface area contributed by atoms with Gasteiger partial charge >= 0.3 is 0 Å². The normalized spacial score (nSPS) is 10.5. The summed E-state index contributed by atoms with van der Waals surface area (Å²) < 4.78 is 0. The Hall–Kier alpha value is -1.03. The van der Waals surface area contributed by atoms with Crippen LogP contribution in [0.5, 0.6) is 11.5 Å². The van der Waals surface area contributed by atoms with Crippen LogP contribution in [0.2, 0.25) is 10.0 Å². The predicted octanol–water partition coefficient (Wildman–Crippen LogP) is 4.56. The molecule has 2 N–H and O–H groups in total. The molecule has 17 heavy (non-hydrogen) atoms. The first kappa shape index (κ1) is 12.4. The molecule has 0 fully saturated rings. The first-order valence-corrected chi connectivity index (χ1v) is 6.28. The highest BCUT2D eigenvalue weighted by molar-refractivity contribution is 7.99. The van der Waals surface area contributed by atoms with Crippen LogP contribution in [0.15, 0.2) is 46.2 Å². The zero-order valence-corrected chi connectivity index (χ0v) is 10.9. The molecule has 0 atom stereocenters. The van der Waals surface area contributed by atoms with Crippen molar-refractivity contribution in [1.82, 2.24) is 0 Å². The second-order valence-electron chi connectivity index (χ2n) is 3.33. The maximum absolute atomic E-state index is 9.24. The molecule has 2 aromatic rings. The summed E-state index contributed by atoms with van der Waals surface area (Å²) in [5, 5.41) is 19.4. The zero-order valence-electron chi connectivity index (χ0n) is 8.52. The fourth-order valence-corrected chi connectivity index (χ4v) is 2.67. The smallest absolute Gasteiger partial charge is 0.117 e. The molecule has 0 saturated heterocycles. The van der Waals surface area contributed by atoms with Crippen LogP contribution >= 0.6 is 35.0 Å². The van der Waals surface area contributed by atoms with E-state index >= 15 is 0 Å². The van der Waals surface area contributed by atoms with E-state index in [1.54, 1.807) is 24.3 Å². The first-order valence-electron chi connectivity index (χ1n) is 4.71.